The molecule has 1 saturated heterocycles. The van der Waals surface area contributed by atoms with E-state index in [0.717, 1.165) is 5.69 Å². The molecule has 0 radical (unpaired) electrons. The minimum Gasteiger partial charge on any atom is -0.396 e. The number of aliphatic hydroxyl groups excluding tert-OH is 1. The molecule has 184 valence electrons. The van der Waals surface area contributed by atoms with Gasteiger partial charge in [0.2, 0.25) is 5.95 Å². The lowest BCUT2D eigenvalue weighted by atomic mass is 9.82. The van der Waals surface area contributed by atoms with Crippen molar-refractivity contribution in [2.24, 2.45) is 5.41 Å². The van der Waals surface area contributed by atoms with E-state index in [0.29, 0.717) is 53.9 Å². The second kappa shape index (κ2) is 10.3. The fraction of sp³-hybridized carbons (Fsp3) is 0.261. The highest BCUT2D eigenvalue weighted by molar-refractivity contribution is 7.14. The number of anilines is 4. The summed E-state index contributed by atoms with van der Waals surface area (Å²) in [5.74, 6) is 1.60. The Balaban J connectivity index is 1.22. The molecule has 4 aromatic heterocycles. The van der Waals surface area contributed by atoms with Crippen molar-refractivity contribution in [1.82, 2.24) is 40.5 Å². The van der Waals surface area contributed by atoms with E-state index in [-0.39, 0.29) is 23.6 Å². The zero-order chi connectivity index (χ0) is 25.0. The number of aromatic nitrogens is 6. The van der Waals surface area contributed by atoms with Crippen molar-refractivity contribution in [3.63, 3.8) is 0 Å². The third-order valence-corrected chi connectivity index (χ3v) is 6.36. The quantitative estimate of drug-likeness (QED) is 0.226. The Labute approximate surface area is 210 Å². The molecule has 0 atom stereocenters. The minimum absolute atomic E-state index is 0.0189. The first-order chi connectivity index (χ1) is 17.5. The molecule has 0 saturated carbocycles. The van der Waals surface area contributed by atoms with Crippen LogP contribution < -0.4 is 21.3 Å². The number of aliphatic hydroxyl groups is 1. The number of nitrogens with one attached hydrogen (secondary N) is 4. The molecule has 1 fully saturated rings. The smallest absolute Gasteiger partial charge is 0.270 e. The summed E-state index contributed by atoms with van der Waals surface area (Å²) in [5, 5.41) is 23.8. The Morgan fingerprint density at radius 2 is 1.86 bits per heavy atom. The van der Waals surface area contributed by atoms with Crippen molar-refractivity contribution in [3.05, 3.63) is 59.5 Å². The monoisotopic (exact) mass is 504 g/mol. The molecule has 0 aliphatic carbocycles. The number of carbonyl (C=O) groups is 1. The molecule has 0 bridgehead atoms. The molecule has 36 heavy (non-hydrogen) atoms. The maximum atomic E-state index is 12.5. The lowest BCUT2D eigenvalue weighted by molar-refractivity contribution is 0.0623. The van der Waals surface area contributed by atoms with Crippen LogP contribution >= 0.6 is 11.3 Å². The molecule has 1 amide bonds. The van der Waals surface area contributed by atoms with Gasteiger partial charge < -0.3 is 21.1 Å². The highest BCUT2D eigenvalue weighted by Gasteiger charge is 2.36. The molecule has 12 nitrogen and oxygen atoms in total. The van der Waals surface area contributed by atoms with Crippen molar-refractivity contribution < 1.29 is 9.90 Å². The van der Waals surface area contributed by atoms with E-state index >= 15 is 0 Å². The molecule has 5 heterocycles. The van der Waals surface area contributed by atoms with Gasteiger partial charge in [0.1, 0.15) is 23.0 Å². The Morgan fingerprint density at radius 3 is 2.61 bits per heavy atom. The van der Waals surface area contributed by atoms with Gasteiger partial charge in [0.25, 0.3) is 5.91 Å². The Kier molecular flexibility index (Phi) is 6.75. The summed E-state index contributed by atoms with van der Waals surface area (Å²) in [6.07, 6.45) is 3.26. The highest BCUT2D eigenvalue weighted by Crippen LogP contribution is 2.23. The van der Waals surface area contributed by atoms with Crippen LogP contribution in [0, 0.1) is 12.3 Å². The standard InChI is InChI=1S/C23H24N10O2S/c1-14-3-2-4-15(28-14)19-25-7-5-17(31-19)30-18-6-8-26-21(32-18)33-22-29-16(9-36-22)20(35)27-12-23(13-34)10-24-11-23/h2-9,24,34H,10-13H2,1H3,(H,27,35)(H2,25,26,29,30,31,32,33). The molecule has 13 heteroatoms. The number of thiazole rings is 1. The van der Waals surface area contributed by atoms with Gasteiger partial charge >= 0.3 is 0 Å². The third kappa shape index (κ3) is 5.43. The molecule has 1 aliphatic rings. The zero-order valence-electron chi connectivity index (χ0n) is 19.4. The number of nitrogens with zero attached hydrogens (tertiary/aromatic N) is 6. The Hall–Kier alpha value is -4.07. The second-order valence-electron chi connectivity index (χ2n) is 8.43. The summed E-state index contributed by atoms with van der Waals surface area (Å²) in [7, 11) is 0. The number of hydrogen-bond donors (Lipinski definition) is 5. The third-order valence-electron chi connectivity index (χ3n) is 5.60. The van der Waals surface area contributed by atoms with E-state index in [1.54, 1.807) is 29.9 Å². The number of rotatable bonds is 9. The SMILES string of the molecule is Cc1cccc(-c2nccc(Nc3ccnc(Nc4nc(C(=O)NCC5(CO)CNC5)cs4)n3)n2)n1. The van der Waals surface area contributed by atoms with Gasteiger partial charge in [-0.2, -0.15) is 4.98 Å². The van der Waals surface area contributed by atoms with E-state index in [4.69, 9.17) is 0 Å². The average Bonchev–Trinajstić information content (AvgIpc) is 3.32. The topological polar surface area (TPSA) is 163 Å². The van der Waals surface area contributed by atoms with E-state index in [1.165, 1.54) is 11.3 Å². The average molecular weight is 505 g/mol. The number of carbonyl (C=O) groups excluding carboxylic acids is 1. The van der Waals surface area contributed by atoms with Crippen LogP contribution in [0.1, 0.15) is 16.2 Å². The summed E-state index contributed by atoms with van der Waals surface area (Å²) >= 11 is 1.27. The highest BCUT2D eigenvalue weighted by atomic mass is 32.1. The van der Waals surface area contributed by atoms with Gasteiger partial charge in [-0.3, -0.25) is 10.1 Å². The first-order valence-electron chi connectivity index (χ1n) is 11.2. The van der Waals surface area contributed by atoms with Gasteiger partial charge in [0.15, 0.2) is 11.0 Å². The second-order valence-corrected chi connectivity index (χ2v) is 9.29. The molecule has 4 aromatic rings. The van der Waals surface area contributed by atoms with Crippen molar-refractivity contribution in [1.29, 1.82) is 0 Å². The molecule has 0 aromatic carbocycles. The first-order valence-corrected chi connectivity index (χ1v) is 12.1. The summed E-state index contributed by atoms with van der Waals surface area (Å²) in [5.41, 5.74) is 1.56. The largest absolute Gasteiger partial charge is 0.396 e. The van der Waals surface area contributed by atoms with Gasteiger partial charge in [0, 0.05) is 48.5 Å². The lowest BCUT2D eigenvalue weighted by Crippen LogP contribution is -2.60. The number of hydrogen-bond acceptors (Lipinski definition) is 12. The molecule has 0 spiro atoms. The zero-order valence-corrected chi connectivity index (χ0v) is 20.2. The van der Waals surface area contributed by atoms with Crippen LogP contribution in [0.15, 0.2) is 48.1 Å². The van der Waals surface area contributed by atoms with E-state index in [1.807, 2.05) is 25.1 Å². The van der Waals surface area contributed by atoms with E-state index < -0.39 is 0 Å². The molecule has 5 rings (SSSR count). The van der Waals surface area contributed by atoms with Crippen LogP contribution in [0.2, 0.25) is 0 Å². The van der Waals surface area contributed by atoms with Crippen LogP contribution in [-0.2, 0) is 0 Å². The van der Waals surface area contributed by atoms with Gasteiger partial charge in [-0.05, 0) is 31.2 Å². The molecule has 1 aliphatic heterocycles. The van der Waals surface area contributed by atoms with Crippen molar-refractivity contribution in [2.75, 3.05) is 36.9 Å². The van der Waals surface area contributed by atoms with Crippen LogP contribution in [-0.4, -0.2) is 67.2 Å². The van der Waals surface area contributed by atoms with E-state index in [2.05, 4.69) is 51.2 Å². The van der Waals surface area contributed by atoms with Crippen molar-refractivity contribution >= 4 is 40.0 Å². The molecular weight excluding hydrogens is 480 g/mol. The first kappa shape index (κ1) is 23.7. The summed E-state index contributed by atoms with van der Waals surface area (Å²) in [6.45, 7) is 3.67. The molecular formula is C23H24N10O2S. The predicted molar refractivity (Wildman–Crippen MR) is 135 cm³/mol. The Bertz CT molecular complexity index is 1370. The molecule has 5 N–H and O–H groups in total. The summed E-state index contributed by atoms with van der Waals surface area (Å²) in [6, 6.07) is 9.13. The number of pyridine rings is 1. The van der Waals surface area contributed by atoms with Gasteiger partial charge in [0.05, 0.1) is 6.61 Å². The van der Waals surface area contributed by atoms with Crippen LogP contribution in [0.4, 0.5) is 22.7 Å². The van der Waals surface area contributed by atoms with Crippen molar-refractivity contribution in [3.8, 4) is 11.5 Å². The van der Waals surface area contributed by atoms with E-state index in [9.17, 15) is 9.90 Å². The lowest BCUT2D eigenvalue weighted by Gasteiger charge is -2.41. The molecule has 0 unspecified atom stereocenters. The van der Waals surface area contributed by atoms with Gasteiger partial charge in [-0.25, -0.2) is 24.9 Å². The van der Waals surface area contributed by atoms with Crippen LogP contribution in [0.5, 0.6) is 0 Å². The van der Waals surface area contributed by atoms with Gasteiger partial charge in [-0.15, -0.1) is 11.3 Å². The maximum absolute atomic E-state index is 12.5. The van der Waals surface area contributed by atoms with Crippen LogP contribution in [0.3, 0.4) is 0 Å². The predicted octanol–water partition coefficient (Wildman–Crippen LogP) is 1.89. The van der Waals surface area contributed by atoms with Gasteiger partial charge in [-0.1, -0.05) is 6.07 Å². The minimum atomic E-state index is -0.297. The Morgan fingerprint density at radius 1 is 1.06 bits per heavy atom. The van der Waals surface area contributed by atoms with Crippen LogP contribution in [0.25, 0.3) is 11.5 Å². The summed E-state index contributed by atoms with van der Waals surface area (Å²) in [4.78, 5) is 38.8. The summed E-state index contributed by atoms with van der Waals surface area (Å²) < 4.78 is 0. The fourth-order valence-electron chi connectivity index (χ4n) is 3.50. The van der Waals surface area contributed by atoms with Crippen molar-refractivity contribution in [2.45, 2.75) is 6.92 Å². The maximum Gasteiger partial charge on any atom is 0.270 e. The number of amides is 1. The fourth-order valence-corrected chi connectivity index (χ4v) is 4.18. The normalized spacial score (nSPS) is 14.1. The number of aryl methyl sites for hydroxylation is 1.